The molecule has 2 amide bonds. The number of benzene rings is 1. The first-order chi connectivity index (χ1) is 11.3. The summed E-state index contributed by atoms with van der Waals surface area (Å²) in [5.41, 5.74) is 11.4. The van der Waals surface area contributed by atoms with Crippen molar-refractivity contribution in [2.24, 2.45) is 11.5 Å². The van der Waals surface area contributed by atoms with Gasteiger partial charge in [-0.1, -0.05) is 23.2 Å². The molecule has 2 heterocycles. The van der Waals surface area contributed by atoms with Crippen LogP contribution in [0.1, 0.15) is 21.0 Å². The number of nitrogens with zero attached hydrogens (tertiary/aromatic N) is 1. The largest absolute Gasteiger partial charge is 0.434 e. The number of carbonyl (C=O) groups is 2. The van der Waals surface area contributed by atoms with Crippen molar-refractivity contribution in [1.29, 1.82) is 0 Å². The van der Waals surface area contributed by atoms with Gasteiger partial charge in [0.2, 0.25) is 5.89 Å². The lowest BCUT2D eigenvalue weighted by Gasteiger charge is -1.98. The van der Waals surface area contributed by atoms with Gasteiger partial charge in [-0.25, -0.2) is 4.98 Å². The summed E-state index contributed by atoms with van der Waals surface area (Å²) in [6, 6.07) is 7.70. The Hall–Kier alpha value is -2.77. The van der Waals surface area contributed by atoms with Crippen molar-refractivity contribution < 1.29 is 14.0 Å². The molecule has 122 valence electrons. The van der Waals surface area contributed by atoms with Crippen molar-refractivity contribution in [3.8, 4) is 22.9 Å². The molecule has 24 heavy (non-hydrogen) atoms. The number of amides is 2. The third-order valence-electron chi connectivity index (χ3n) is 3.17. The van der Waals surface area contributed by atoms with Crippen molar-refractivity contribution in [2.45, 2.75) is 0 Å². The molecular weight excluding hydrogens is 355 g/mol. The third kappa shape index (κ3) is 2.99. The van der Waals surface area contributed by atoms with Crippen molar-refractivity contribution in [2.75, 3.05) is 0 Å². The lowest BCUT2D eigenvalue weighted by molar-refractivity contribution is 0.0988. The lowest BCUT2D eigenvalue weighted by atomic mass is 10.2. The normalized spacial score (nSPS) is 10.8. The Morgan fingerprint density at radius 3 is 2.25 bits per heavy atom. The summed E-state index contributed by atoms with van der Waals surface area (Å²) in [5, 5.41) is 0.766. The molecule has 5 N–H and O–H groups in total. The molecule has 3 rings (SSSR count). The predicted octanol–water partition coefficient (Wildman–Crippen LogP) is 2.84. The Balaban J connectivity index is 2.14. The second kappa shape index (κ2) is 6.03. The number of oxazole rings is 1. The number of nitrogens with one attached hydrogen (secondary N) is 1. The number of primary amides is 2. The van der Waals surface area contributed by atoms with Gasteiger partial charge in [-0.05, 0) is 30.3 Å². The van der Waals surface area contributed by atoms with Crippen LogP contribution in [0.3, 0.4) is 0 Å². The minimum absolute atomic E-state index is 0.0843. The van der Waals surface area contributed by atoms with Crippen molar-refractivity contribution in [3.05, 3.63) is 51.8 Å². The molecule has 0 bridgehead atoms. The quantitative estimate of drug-likeness (QED) is 0.657. The molecule has 0 aliphatic rings. The summed E-state index contributed by atoms with van der Waals surface area (Å²) in [5.74, 6) is -1.24. The maximum Gasteiger partial charge on any atom is 0.271 e. The van der Waals surface area contributed by atoms with Gasteiger partial charge in [0.15, 0.2) is 11.5 Å². The molecule has 3 aromatic rings. The van der Waals surface area contributed by atoms with E-state index in [4.69, 9.17) is 39.1 Å². The van der Waals surface area contributed by atoms with Crippen LogP contribution in [0.2, 0.25) is 10.0 Å². The molecule has 0 saturated heterocycles. The SMILES string of the molecule is NC(=O)c1ccc(-c2oc(-c3cc(Cl)cc(Cl)c3)nc2C(N)=O)[nH]1. The van der Waals surface area contributed by atoms with Crippen LogP contribution in [0.5, 0.6) is 0 Å². The zero-order valence-corrected chi connectivity index (χ0v) is 13.5. The Bertz CT molecular complexity index is 941. The van der Waals surface area contributed by atoms with E-state index in [2.05, 4.69) is 9.97 Å². The van der Waals surface area contributed by atoms with E-state index in [0.717, 1.165) is 0 Å². The van der Waals surface area contributed by atoms with E-state index in [1.165, 1.54) is 12.1 Å². The average Bonchev–Trinajstić information content (AvgIpc) is 3.13. The summed E-state index contributed by atoms with van der Waals surface area (Å²) >= 11 is 11.9. The van der Waals surface area contributed by atoms with Crippen molar-refractivity contribution in [1.82, 2.24) is 9.97 Å². The van der Waals surface area contributed by atoms with Gasteiger partial charge in [0, 0.05) is 15.6 Å². The summed E-state index contributed by atoms with van der Waals surface area (Å²) in [6.07, 6.45) is 0. The summed E-state index contributed by atoms with van der Waals surface area (Å²) in [7, 11) is 0. The van der Waals surface area contributed by atoms with Crippen LogP contribution in [0.15, 0.2) is 34.7 Å². The molecule has 0 atom stereocenters. The molecule has 0 radical (unpaired) electrons. The number of carbonyl (C=O) groups excluding carboxylic acids is 2. The highest BCUT2D eigenvalue weighted by Gasteiger charge is 2.22. The first-order valence-corrected chi connectivity index (χ1v) is 7.37. The molecule has 9 heteroatoms. The van der Waals surface area contributed by atoms with Gasteiger partial charge in [0.25, 0.3) is 11.8 Å². The molecule has 7 nitrogen and oxygen atoms in total. The Kier molecular flexibility index (Phi) is 4.04. The van der Waals surface area contributed by atoms with Crippen LogP contribution in [-0.4, -0.2) is 21.8 Å². The van der Waals surface area contributed by atoms with Gasteiger partial charge in [-0.2, -0.15) is 0 Å². The van der Waals surface area contributed by atoms with E-state index in [9.17, 15) is 9.59 Å². The smallest absolute Gasteiger partial charge is 0.271 e. The fourth-order valence-electron chi connectivity index (χ4n) is 2.14. The topological polar surface area (TPSA) is 128 Å². The zero-order valence-electron chi connectivity index (χ0n) is 12.0. The van der Waals surface area contributed by atoms with Gasteiger partial charge in [-0.15, -0.1) is 0 Å². The number of H-pyrrole nitrogens is 1. The van der Waals surface area contributed by atoms with Crippen LogP contribution in [-0.2, 0) is 0 Å². The number of aromatic amines is 1. The standard InChI is InChI=1S/C15H10Cl2N4O3/c16-7-3-6(4-8(17)5-7)15-21-11(14(19)23)12(24-15)9-1-2-10(20-9)13(18)22/h1-5,20H,(H2,18,22)(H2,19,23). The van der Waals surface area contributed by atoms with Crippen LogP contribution < -0.4 is 11.5 Å². The first kappa shape index (κ1) is 16.1. The molecule has 0 aliphatic carbocycles. The summed E-state index contributed by atoms with van der Waals surface area (Å²) in [4.78, 5) is 29.7. The third-order valence-corrected chi connectivity index (χ3v) is 3.60. The lowest BCUT2D eigenvalue weighted by Crippen LogP contribution is -2.13. The second-order valence-electron chi connectivity index (χ2n) is 4.87. The highest BCUT2D eigenvalue weighted by Crippen LogP contribution is 2.32. The van der Waals surface area contributed by atoms with E-state index < -0.39 is 11.8 Å². The summed E-state index contributed by atoms with van der Waals surface area (Å²) in [6.45, 7) is 0. The Labute approximate surface area is 145 Å². The van der Waals surface area contributed by atoms with Crippen LogP contribution >= 0.6 is 23.2 Å². The molecule has 0 spiro atoms. The predicted molar refractivity (Wildman–Crippen MR) is 88.8 cm³/mol. The van der Waals surface area contributed by atoms with Gasteiger partial charge < -0.3 is 20.9 Å². The number of nitrogens with two attached hydrogens (primary N) is 2. The van der Waals surface area contributed by atoms with Crippen LogP contribution in [0.4, 0.5) is 0 Å². The van der Waals surface area contributed by atoms with Gasteiger partial charge in [0.05, 0.1) is 5.69 Å². The second-order valence-corrected chi connectivity index (χ2v) is 5.74. The van der Waals surface area contributed by atoms with E-state index in [-0.39, 0.29) is 23.0 Å². The summed E-state index contributed by atoms with van der Waals surface area (Å²) < 4.78 is 5.64. The van der Waals surface area contributed by atoms with E-state index in [0.29, 0.717) is 21.3 Å². The molecule has 2 aromatic heterocycles. The highest BCUT2D eigenvalue weighted by atomic mass is 35.5. The average molecular weight is 365 g/mol. The number of rotatable bonds is 4. The van der Waals surface area contributed by atoms with E-state index in [1.807, 2.05) is 0 Å². The highest BCUT2D eigenvalue weighted by molar-refractivity contribution is 6.35. The number of aromatic nitrogens is 2. The monoisotopic (exact) mass is 364 g/mol. The fourth-order valence-corrected chi connectivity index (χ4v) is 2.67. The molecule has 0 unspecified atom stereocenters. The Morgan fingerprint density at radius 2 is 1.71 bits per heavy atom. The maximum absolute atomic E-state index is 11.7. The van der Waals surface area contributed by atoms with Gasteiger partial charge in [0.1, 0.15) is 5.69 Å². The zero-order chi connectivity index (χ0) is 17.4. The molecule has 0 fully saturated rings. The minimum atomic E-state index is -0.789. The molecule has 1 aromatic carbocycles. The fraction of sp³-hybridized carbons (Fsp3) is 0. The van der Waals surface area contributed by atoms with E-state index >= 15 is 0 Å². The van der Waals surface area contributed by atoms with Crippen LogP contribution in [0.25, 0.3) is 22.9 Å². The molecule has 0 aliphatic heterocycles. The minimum Gasteiger partial charge on any atom is -0.434 e. The molecule has 0 saturated carbocycles. The Morgan fingerprint density at radius 1 is 1.04 bits per heavy atom. The van der Waals surface area contributed by atoms with Crippen molar-refractivity contribution >= 4 is 35.0 Å². The van der Waals surface area contributed by atoms with E-state index in [1.54, 1.807) is 18.2 Å². The number of hydrogen-bond acceptors (Lipinski definition) is 4. The first-order valence-electron chi connectivity index (χ1n) is 6.61. The van der Waals surface area contributed by atoms with Crippen LogP contribution in [0, 0.1) is 0 Å². The van der Waals surface area contributed by atoms with Crippen molar-refractivity contribution in [3.63, 3.8) is 0 Å². The number of hydrogen-bond donors (Lipinski definition) is 3. The van der Waals surface area contributed by atoms with Gasteiger partial charge >= 0.3 is 0 Å². The number of halogens is 2. The maximum atomic E-state index is 11.7. The van der Waals surface area contributed by atoms with Gasteiger partial charge in [-0.3, -0.25) is 9.59 Å². The molecular formula is C15H10Cl2N4O3.